The van der Waals surface area contributed by atoms with Crippen LogP contribution in [0, 0.1) is 16.7 Å². The van der Waals surface area contributed by atoms with Gasteiger partial charge in [-0.2, -0.15) is 5.26 Å². The Morgan fingerprint density at radius 1 is 1.30 bits per heavy atom. The molecule has 1 saturated heterocycles. The highest BCUT2D eigenvalue weighted by Crippen LogP contribution is 2.78. The highest BCUT2D eigenvalue weighted by molar-refractivity contribution is 5.95. The lowest BCUT2D eigenvalue weighted by Crippen LogP contribution is -2.39. The van der Waals surface area contributed by atoms with Gasteiger partial charge in [0.25, 0.3) is 5.91 Å². The molecule has 3 atom stereocenters. The third-order valence-corrected chi connectivity index (χ3v) is 6.89. The first-order valence-electron chi connectivity index (χ1n) is 10.8. The molecular formula is C24H27N3O3. The third kappa shape index (κ3) is 3.27. The summed E-state index contributed by atoms with van der Waals surface area (Å²) in [6, 6.07) is 10.6. The number of hydrogen-bond donors (Lipinski definition) is 1. The Morgan fingerprint density at radius 2 is 2.13 bits per heavy atom. The van der Waals surface area contributed by atoms with Gasteiger partial charge in [0.1, 0.15) is 11.9 Å². The number of pyridine rings is 1. The first-order chi connectivity index (χ1) is 14.4. The summed E-state index contributed by atoms with van der Waals surface area (Å²) in [6.45, 7) is 4.44. The van der Waals surface area contributed by atoms with Crippen LogP contribution in [0.2, 0.25) is 0 Å². The van der Waals surface area contributed by atoms with Gasteiger partial charge in [-0.05, 0) is 74.4 Å². The van der Waals surface area contributed by atoms with Crippen LogP contribution in [0.15, 0.2) is 30.5 Å². The zero-order chi connectivity index (χ0) is 20.9. The quantitative estimate of drug-likeness (QED) is 0.810. The molecule has 3 unspecified atom stereocenters. The molecule has 0 bridgehead atoms. The maximum absolute atomic E-state index is 12.6. The molecule has 1 amide bonds. The standard InChI is InChI=1S/C24H27N3O3/c1-15(2)30-19-5-6-20(29-12-19)22(28)27-21-10-17-9-18(4-3-16(17)11-26-21)24(14-25)13-23(24)7-8-23/h3-4,9-11,15,19-20H,5-8,12-13H2,1-2H3,(H,26,27,28). The molecule has 6 nitrogen and oxygen atoms in total. The summed E-state index contributed by atoms with van der Waals surface area (Å²) in [5.41, 5.74) is 0.998. The van der Waals surface area contributed by atoms with Crippen molar-refractivity contribution in [3.63, 3.8) is 0 Å². The topological polar surface area (TPSA) is 84.2 Å². The molecule has 2 aromatic rings. The Hall–Kier alpha value is -2.49. The normalized spacial score (nSPS) is 29.0. The molecule has 3 fully saturated rings. The zero-order valence-electron chi connectivity index (χ0n) is 17.5. The SMILES string of the molecule is CC(C)OC1CCC(C(=O)Nc2cc3cc(C4(C#N)CC45CC5)ccc3cn2)OC1. The lowest BCUT2D eigenvalue weighted by molar-refractivity contribution is -0.141. The summed E-state index contributed by atoms with van der Waals surface area (Å²) < 4.78 is 11.5. The lowest BCUT2D eigenvalue weighted by Gasteiger charge is -2.29. The summed E-state index contributed by atoms with van der Waals surface area (Å²) in [6.07, 6.45) is 6.21. The highest BCUT2D eigenvalue weighted by atomic mass is 16.5. The Labute approximate surface area is 176 Å². The number of rotatable bonds is 5. The van der Waals surface area contributed by atoms with Gasteiger partial charge in [-0.15, -0.1) is 0 Å². The molecule has 1 aromatic heterocycles. The van der Waals surface area contributed by atoms with E-state index in [1.54, 1.807) is 6.20 Å². The van der Waals surface area contributed by atoms with E-state index < -0.39 is 6.10 Å². The van der Waals surface area contributed by atoms with Crippen LogP contribution in [0.3, 0.4) is 0 Å². The monoisotopic (exact) mass is 405 g/mol. The molecule has 2 saturated carbocycles. The minimum absolute atomic E-state index is 0.0518. The van der Waals surface area contributed by atoms with E-state index in [1.807, 2.05) is 26.0 Å². The summed E-state index contributed by atoms with van der Waals surface area (Å²) >= 11 is 0. The van der Waals surface area contributed by atoms with Gasteiger partial charge in [0.05, 0.1) is 30.3 Å². The van der Waals surface area contributed by atoms with E-state index in [2.05, 4.69) is 28.5 Å². The number of aromatic nitrogens is 1. The number of ether oxygens (including phenoxy) is 2. The van der Waals surface area contributed by atoms with Gasteiger partial charge in [-0.25, -0.2) is 4.98 Å². The number of anilines is 1. The van der Waals surface area contributed by atoms with Crippen LogP contribution in [0.1, 0.15) is 51.5 Å². The molecule has 5 rings (SSSR count). The molecule has 1 aromatic carbocycles. The van der Waals surface area contributed by atoms with Crippen molar-refractivity contribution in [1.82, 2.24) is 4.98 Å². The summed E-state index contributed by atoms with van der Waals surface area (Å²) in [7, 11) is 0. The van der Waals surface area contributed by atoms with Crippen LogP contribution in [0.4, 0.5) is 5.82 Å². The van der Waals surface area contributed by atoms with Crippen LogP contribution in [0.25, 0.3) is 10.8 Å². The van der Waals surface area contributed by atoms with E-state index in [9.17, 15) is 10.1 Å². The number of fused-ring (bicyclic) bond motifs is 1. The number of benzene rings is 1. The summed E-state index contributed by atoms with van der Waals surface area (Å²) in [5.74, 6) is 0.338. The molecule has 6 heteroatoms. The van der Waals surface area contributed by atoms with Crippen LogP contribution in [-0.2, 0) is 19.7 Å². The van der Waals surface area contributed by atoms with Crippen LogP contribution in [-0.4, -0.2) is 35.8 Å². The van der Waals surface area contributed by atoms with Gasteiger partial charge in [0, 0.05) is 11.6 Å². The molecule has 156 valence electrons. The number of hydrogen-bond acceptors (Lipinski definition) is 5. The van der Waals surface area contributed by atoms with Gasteiger partial charge < -0.3 is 14.8 Å². The fourth-order valence-electron chi connectivity index (χ4n) is 4.96. The Balaban J connectivity index is 1.28. The van der Waals surface area contributed by atoms with E-state index in [-0.39, 0.29) is 28.9 Å². The molecular weight excluding hydrogens is 378 g/mol. The maximum Gasteiger partial charge on any atom is 0.254 e. The average molecular weight is 405 g/mol. The number of amides is 1. The Morgan fingerprint density at radius 3 is 2.77 bits per heavy atom. The second-order valence-corrected chi connectivity index (χ2v) is 9.30. The minimum Gasteiger partial charge on any atom is -0.373 e. The van der Waals surface area contributed by atoms with Crippen molar-refractivity contribution in [2.75, 3.05) is 11.9 Å². The van der Waals surface area contributed by atoms with E-state index in [4.69, 9.17) is 9.47 Å². The zero-order valence-corrected chi connectivity index (χ0v) is 17.5. The first kappa shape index (κ1) is 19.5. The third-order valence-electron chi connectivity index (χ3n) is 6.89. The van der Waals surface area contributed by atoms with Crippen molar-refractivity contribution in [2.24, 2.45) is 5.41 Å². The van der Waals surface area contributed by atoms with E-state index in [1.165, 1.54) is 0 Å². The Bertz CT molecular complexity index is 1030. The average Bonchev–Trinajstić information content (AvgIpc) is 3.65. The molecule has 3 aliphatic rings. The smallest absolute Gasteiger partial charge is 0.254 e. The van der Waals surface area contributed by atoms with Crippen molar-refractivity contribution in [2.45, 2.75) is 69.7 Å². The predicted octanol–water partition coefficient (Wildman–Crippen LogP) is 4.09. The van der Waals surface area contributed by atoms with E-state index >= 15 is 0 Å². The number of nitrogens with one attached hydrogen (secondary N) is 1. The van der Waals surface area contributed by atoms with Crippen LogP contribution in [0.5, 0.6) is 0 Å². The van der Waals surface area contributed by atoms with Crippen molar-refractivity contribution in [1.29, 1.82) is 5.26 Å². The maximum atomic E-state index is 12.6. The fraction of sp³-hybridized carbons (Fsp3) is 0.542. The molecule has 1 N–H and O–H groups in total. The van der Waals surface area contributed by atoms with E-state index in [0.29, 0.717) is 18.8 Å². The van der Waals surface area contributed by atoms with Gasteiger partial charge in [-0.3, -0.25) is 4.79 Å². The molecule has 1 spiro atoms. The summed E-state index contributed by atoms with van der Waals surface area (Å²) in [4.78, 5) is 17.0. The highest BCUT2D eigenvalue weighted by Gasteiger charge is 2.75. The van der Waals surface area contributed by atoms with Crippen molar-refractivity contribution >= 4 is 22.5 Å². The molecule has 2 aliphatic carbocycles. The number of carbonyl (C=O) groups is 1. The van der Waals surface area contributed by atoms with Crippen molar-refractivity contribution in [3.8, 4) is 6.07 Å². The minimum atomic E-state index is -0.483. The van der Waals surface area contributed by atoms with Crippen molar-refractivity contribution < 1.29 is 14.3 Å². The Kier molecular flexibility index (Phi) is 4.57. The van der Waals surface area contributed by atoms with Gasteiger partial charge in [-0.1, -0.05) is 12.1 Å². The van der Waals surface area contributed by atoms with Gasteiger partial charge >= 0.3 is 0 Å². The molecule has 1 aliphatic heterocycles. The van der Waals surface area contributed by atoms with E-state index in [0.717, 1.165) is 42.0 Å². The number of nitriles is 1. The first-order valence-corrected chi connectivity index (χ1v) is 10.8. The van der Waals surface area contributed by atoms with Gasteiger partial charge in [0.15, 0.2) is 0 Å². The van der Waals surface area contributed by atoms with Crippen molar-refractivity contribution in [3.05, 3.63) is 36.0 Å². The van der Waals surface area contributed by atoms with Crippen LogP contribution < -0.4 is 5.32 Å². The molecule has 2 heterocycles. The fourth-order valence-corrected chi connectivity index (χ4v) is 4.96. The second kappa shape index (κ2) is 7.04. The number of nitrogens with zero attached hydrogens (tertiary/aromatic N) is 2. The van der Waals surface area contributed by atoms with Crippen LogP contribution >= 0.6 is 0 Å². The summed E-state index contributed by atoms with van der Waals surface area (Å²) in [5, 5.41) is 14.7. The number of carbonyl (C=O) groups excluding carboxylic acids is 1. The molecule has 30 heavy (non-hydrogen) atoms. The largest absolute Gasteiger partial charge is 0.373 e. The lowest BCUT2D eigenvalue weighted by atomic mass is 9.92. The van der Waals surface area contributed by atoms with Gasteiger partial charge in [0.2, 0.25) is 0 Å². The predicted molar refractivity (Wildman–Crippen MR) is 113 cm³/mol. The molecule has 0 radical (unpaired) electrons. The second-order valence-electron chi connectivity index (χ2n) is 9.30.